The highest BCUT2D eigenvalue weighted by atomic mass is 19.4. The molecule has 0 aromatic carbocycles. The zero-order valence-corrected chi connectivity index (χ0v) is 89.8. The highest BCUT2D eigenvalue weighted by Gasteiger charge is 2.57. The fraction of sp³-hybridized carbons (Fsp3) is 1.00. The summed E-state index contributed by atoms with van der Waals surface area (Å²) in [6, 6.07) is 0. The molecule has 0 heterocycles. The topological polar surface area (TPSA) is 0 Å². The zero-order chi connectivity index (χ0) is 108. The van der Waals surface area contributed by atoms with E-state index in [4.69, 9.17) is 0 Å². The molecule has 128 heavy (non-hydrogen) atoms. The van der Waals surface area contributed by atoms with E-state index in [0.29, 0.717) is 41.9 Å². The maximum absolute atomic E-state index is 12.6. The van der Waals surface area contributed by atoms with Crippen molar-refractivity contribution in [2.75, 3.05) is 0 Å². The van der Waals surface area contributed by atoms with E-state index in [1.54, 1.807) is 138 Å². The molecule has 0 bridgehead atoms. The molecule has 30 heteroatoms. The first-order valence-electron chi connectivity index (χ1n) is 45.1. The first kappa shape index (κ1) is 151. The van der Waals surface area contributed by atoms with Crippen molar-refractivity contribution in [3.05, 3.63) is 0 Å². The van der Waals surface area contributed by atoms with Gasteiger partial charge in [-0.1, -0.05) is 400 Å². The minimum Gasteiger partial charge on any atom is -0.171 e. The average Bonchev–Trinajstić information content (AvgIpc) is 0.791. The molecule has 0 N–H and O–H groups in total. The number of halogens is 30. The Kier molecular flexibility index (Phi) is 67.1. The molecule has 0 saturated heterocycles. The Morgan fingerprint density at radius 2 is 0.484 bits per heavy atom. The Balaban J connectivity index is -0.000000115. The van der Waals surface area contributed by atoms with E-state index in [1.807, 2.05) is 62.3 Å². The van der Waals surface area contributed by atoms with Gasteiger partial charge in [-0.3, -0.25) is 0 Å². The van der Waals surface area contributed by atoms with Gasteiger partial charge in [0.1, 0.15) is 0 Å². The van der Waals surface area contributed by atoms with Crippen molar-refractivity contribution in [3.8, 4) is 0 Å². The molecule has 0 nitrogen and oxygen atoms in total. The van der Waals surface area contributed by atoms with Gasteiger partial charge in [0.15, 0.2) is 0 Å². The molecule has 0 saturated carbocycles. The third-order valence-electron chi connectivity index (χ3n) is 29.3. The van der Waals surface area contributed by atoms with Gasteiger partial charge in [0.2, 0.25) is 0 Å². The molecule has 0 radical (unpaired) electrons. The maximum atomic E-state index is 12.6. The summed E-state index contributed by atoms with van der Waals surface area (Å²) in [4.78, 5) is 0. The molecule has 0 fully saturated rings. The van der Waals surface area contributed by atoms with E-state index in [2.05, 4.69) is 90.0 Å². The predicted octanol–water partition coefficient (Wildman–Crippen LogP) is 42.6. The van der Waals surface area contributed by atoms with Gasteiger partial charge in [0, 0.05) is 12.8 Å². The molecular formula is C98H190F30. The molecule has 0 aromatic heterocycles. The number of hydrogen-bond acceptors (Lipinski definition) is 0. The summed E-state index contributed by atoms with van der Waals surface area (Å²) < 4.78 is 363. The summed E-state index contributed by atoms with van der Waals surface area (Å²) in [5, 5.41) is 0. The Morgan fingerprint density at radius 3 is 0.531 bits per heavy atom. The van der Waals surface area contributed by atoms with Gasteiger partial charge in [-0.05, 0) is 114 Å². The average molecular weight is 1940 g/mol. The third-order valence-corrected chi connectivity index (χ3v) is 29.3. The van der Waals surface area contributed by atoms with Gasteiger partial charge in [0.05, 0.1) is 45.3 Å². The van der Waals surface area contributed by atoms with Crippen molar-refractivity contribution in [3.63, 3.8) is 0 Å². The van der Waals surface area contributed by atoms with Crippen LogP contribution in [0.4, 0.5) is 132 Å². The lowest BCUT2D eigenvalue weighted by atomic mass is 9.63. The van der Waals surface area contributed by atoms with Gasteiger partial charge in [-0.25, -0.2) is 0 Å². The van der Waals surface area contributed by atoms with Gasteiger partial charge in [-0.15, -0.1) is 0 Å². The summed E-state index contributed by atoms with van der Waals surface area (Å²) in [6.07, 6.45) is -39.5. The Morgan fingerprint density at radius 1 is 0.227 bits per heavy atom. The number of hydrogen-bond donors (Lipinski definition) is 0. The van der Waals surface area contributed by atoms with Gasteiger partial charge in [0.25, 0.3) is 0 Å². The first-order valence-corrected chi connectivity index (χ1v) is 45.1. The van der Waals surface area contributed by atoms with Crippen LogP contribution in [0.3, 0.4) is 0 Å². The second kappa shape index (κ2) is 56.7. The minimum absolute atomic E-state index is 0.0362. The molecule has 0 aliphatic carbocycles. The molecule has 0 aromatic rings. The van der Waals surface area contributed by atoms with Crippen LogP contribution >= 0.6 is 0 Å². The van der Waals surface area contributed by atoms with Crippen molar-refractivity contribution in [1.29, 1.82) is 0 Å². The second-order valence-corrected chi connectivity index (χ2v) is 46.6. The van der Waals surface area contributed by atoms with E-state index in [-0.39, 0.29) is 52.8 Å². The van der Waals surface area contributed by atoms with Crippen LogP contribution in [-0.2, 0) is 0 Å². The van der Waals surface area contributed by atoms with E-state index < -0.39 is 148 Å². The second-order valence-electron chi connectivity index (χ2n) is 46.6. The van der Waals surface area contributed by atoms with Crippen LogP contribution in [0.1, 0.15) is 412 Å². The third kappa shape index (κ3) is 64.1. The molecule has 0 spiro atoms. The standard InChI is InChI=1S/C10H19F3.C10H22.C9H17F3.C9H20.4C8H15F3.4C7H13F3/c1-7(8(2,3)4)9(5,6)10(11,12)13;1-8(2)10(6,7)9(3,4)5;1-6(2)8(4,5)7(3)9(10,11)12;1-7(2)8(3)9(4,5)6;2*1-6(2,3)7(4,5)8(9,10)11;2*1-5(2)6(3)7(4)8(9,10)11;1-5(2)6(3,4)7(8,9)10;1-4-6(2,3)5-7(8,9)10;1-4-5(2)6(3)7(8,9)10;1-3-6(4-2)5-7(8,9)10/h7H,1-6H3;8H,1-7H3;6-7H,1-5H3;7-8H,1-6H3;2*1-5H3;2*5-7H,1-4H3;5H,1-4H3;4-5H2,1-3H3;5-6H,4H2,1-3H3;6H,3-5H2,1-2H3/t7-;;;8-;;;2*6-,7?;;;5?,6-;/m1..1..11..1./s1. The van der Waals surface area contributed by atoms with Crippen molar-refractivity contribution in [1.82, 2.24) is 0 Å². The Labute approximate surface area is 762 Å². The molecule has 4 unspecified atom stereocenters. The monoisotopic (exact) mass is 1940 g/mol. The number of rotatable bonds is 17. The lowest BCUT2D eigenvalue weighted by Gasteiger charge is -2.42. The molecule has 0 rings (SSSR count). The van der Waals surface area contributed by atoms with Crippen LogP contribution in [0.25, 0.3) is 0 Å². The van der Waals surface area contributed by atoms with E-state index >= 15 is 0 Å². The van der Waals surface area contributed by atoms with Gasteiger partial charge in [-0.2, -0.15) is 132 Å². The normalized spacial score (nSPS) is 16.1. The van der Waals surface area contributed by atoms with Gasteiger partial charge >= 0.3 is 61.8 Å². The Hall–Kier alpha value is -2.10. The lowest BCUT2D eigenvalue weighted by Crippen LogP contribution is -2.43. The molecule has 0 amide bonds. The lowest BCUT2D eigenvalue weighted by molar-refractivity contribution is -0.244. The molecule has 792 valence electrons. The molecular weight excluding hydrogens is 1750 g/mol. The summed E-state index contributed by atoms with van der Waals surface area (Å²) in [5.74, 6) is -4.01. The van der Waals surface area contributed by atoms with Crippen LogP contribution < -0.4 is 0 Å². The summed E-state index contributed by atoms with van der Waals surface area (Å²) >= 11 is 0. The highest BCUT2D eigenvalue weighted by molar-refractivity contribution is 4.92. The highest BCUT2D eigenvalue weighted by Crippen LogP contribution is 2.54. The van der Waals surface area contributed by atoms with Gasteiger partial charge < -0.3 is 0 Å². The maximum Gasteiger partial charge on any atom is 0.394 e. The fourth-order valence-corrected chi connectivity index (χ4v) is 9.29. The van der Waals surface area contributed by atoms with Crippen molar-refractivity contribution >= 4 is 0 Å². The number of alkyl halides is 30. The van der Waals surface area contributed by atoms with E-state index in [0.717, 1.165) is 17.8 Å². The fourth-order valence-electron chi connectivity index (χ4n) is 9.29. The minimum atomic E-state index is -4.13. The van der Waals surface area contributed by atoms with Crippen LogP contribution in [0.2, 0.25) is 0 Å². The molecule has 0 aliphatic rings. The Bertz CT molecular complexity index is 2590. The first-order chi connectivity index (χ1) is 54.4. The van der Waals surface area contributed by atoms with E-state index in [9.17, 15) is 132 Å². The summed E-state index contributed by atoms with van der Waals surface area (Å²) in [7, 11) is 0. The smallest absolute Gasteiger partial charge is 0.171 e. The largest absolute Gasteiger partial charge is 0.394 e. The quantitative estimate of drug-likeness (QED) is 0.127. The van der Waals surface area contributed by atoms with E-state index in [1.165, 1.54) is 83.1 Å². The van der Waals surface area contributed by atoms with Crippen LogP contribution in [-0.4, -0.2) is 61.8 Å². The summed E-state index contributed by atoms with van der Waals surface area (Å²) in [6.45, 7) is 94.3. The van der Waals surface area contributed by atoms with Crippen molar-refractivity contribution < 1.29 is 132 Å². The SMILES string of the molecule is CC(C)(C)C(C)(C)C(F)(F)F.CC(C)(C)C(C)(C)C(F)(F)F.CC(C)C(C)(C)C(C)(C)C.CC(C)C(C)(C)C(C)C(F)(F)F.CC(C)C(C)(C)C(F)(F)F.CC(C)[C@@H](C)C(C)(C)C.CC(C)[C@@H](C)C(C)C(F)(F)F.CC(C)[C@@H](C)C(C)C(F)(F)F.CCC(C)(C)CC(F)(F)F.CCC(C)[C@@H](C)C(F)(F)F.CCC(CC)CC(F)(F)F.C[C@H](C(C)(C)C)C(C)(C)C(F)(F)F. The zero-order valence-electron chi connectivity index (χ0n) is 89.8. The molecule has 9 atom stereocenters. The molecule has 0 aliphatic heterocycles. The van der Waals surface area contributed by atoms with Crippen LogP contribution in [0, 0.1) is 160 Å². The van der Waals surface area contributed by atoms with Crippen LogP contribution in [0.5, 0.6) is 0 Å². The van der Waals surface area contributed by atoms with Crippen molar-refractivity contribution in [2.24, 2.45) is 160 Å². The van der Waals surface area contributed by atoms with Crippen LogP contribution in [0.15, 0.2) is 0 Å². The van der Waals surface area contributed by atoms with Crippen molar-refractivity contribution in [2.45, 2.75) is 474 Å². The summed E-state index contributed by atoms with van der Waals surface area (Å²) in [5.41, 5.74) is -8.19. The predicted molar refractivity (Wildman–Crippen MR) is 480 cm³/mol.